The lowest BCUT2D eigenvalue weighted by Gasteiger charge is -2.41. The molecule has 12 rings (SSSR count). The summed E-state index contributed by atoms with van der Waals surface area (Å²) in [4.78, 5) is 4.83. The molecule has 0 saturated carbocycles. The Bertz CT molecular complexity index is 3430. The summed E-state index contributed by atoms with van der Waals surface area (Å²) in [5.74, 6) is 1.68. The van der Waals surface area contributed by atoms with E-state index in [0.717, 1.165) is 84.1 Å². The summed E-state index contributed by atoms with van der Waals surface area (Å²) in [6, 6.07) is 54.6. The van der Waals surface area contributed by atoms with Gasteiger partial charge >= 0.3 is 0 Å². The molecule has 0 radical (unpaired) electrons. The first-order valence-corrected chi connectivity index (χ1v) is 24.4. The van der Waals surface area contributed by atoms with Crippen LogP contribution in [0.4, 0.5) is 34.5 Å². The lowest BCUT2D eigenvalue weighted by Crippen LogP contribution is -2.60. The molecule has 6 heteroatoms. The van der Waals surface area contributed by atoms with E-state index in [1.54, 1.807) is 0 Å². The van der Waals surface area contributed by atoms with E-state index in [4.69, 9.17) is 8.83 Å². The smallest absolute Gasteiger partial charge is 0.262 e. The van der Waals surface area contributed by atoms with E-state index in [1.165, 1.54) is 38.5 Å². The minimum Gasteiger partial charge on any atom is -0.440 e. The van der Waals surface area contributed by atoms with Crippen LogP contribution >= 0.6 is 0 Å². The van der Waals surface area contributed by atoms with Gasteiger partial charge in [-0.25, -0.2) is 0 Å². The lowest BCUT2D eigenvalue weighted by atomic mass is 9.33. The first kappa shape index (κ1) is 42.4. The molecule has 338 valence electrons. The predicted octanol–water partition coefficient (Wildman–Crippen LogP) is 15.5. The second-order valence-electron chi connectivity index (χ2n) is 23.5. The summed E-state index contributed by atoms with van der Waals surface area (Å²) >= 11 is 0. The molecule has 68 heavy (non-hydrogen) atoms. The molecule has 3 aromatic heterocycles. The van der Waals surface area contributed by atoms with Gasteiger partial charge in [0.15, 0.2) is 0 Å². The van der Waals surface area contributed by atoms with Crippen LogP contribution in [0.25, 0.3) is 49.4 Å². The fourth-order valence-electron chi connectivity index (χ4n) is 11.0. The van der Waals surface area contributed by atoms with Crippen LogP contribution in [0.3, 0.4) is 0 Å². The van der Waals surface area contributed by atoms with Gasteiger partial charge in [0.25, 0.3) is 6.71 Å². The van der Waals surface area contributed by atoms with Crippen molar-refractivity contribution in [2.45, 2.75) is 105 Å². The van der Waals surface area contributed by atoms with Gasteiger partial charge in [-0.15, -0.1) is 0 Å². The second-order valence-corrected chi connectivity index (χ2v) is 23.5. The van der Waals surface area contributed by atoms with Crippen LogP contribution in [0.2, 0.25) is 0 Å². The third kappa shape index (κ3) is 6.36. The first-order valence-electron chi connectivity index (χ1n) is 24.4. The fourth-order valence-corrected chi connectivity index (χ4v) is 11.0. The average Bonchev–Trinajstić information content (AvgIpc) is 3.97. The molecular formula is C62H60BN3O2. The number of aromatic nitrogens is 1. The number of anilines is 6. The Hall–Kier alpha value is -6.92. The monoisotopic (exact) mass is 889 g/mol. The molecule has 0 atom stereocenters. The van der Waals surface area contributed by atoms with E-state index in [0.29, 0.717) is 0 Å². The highest BCUT2D eigenvalue weighted by molar-refractivity contribution is 7.02. The highest BCUT2D eigenvalue weighted by atomic mass is 16.4. The van der Waals surface area contributed by atoms with E-state index >= 15 is 0 Å². The lowest BCUT2D eigenvalue weighted by molar-refractivity contribution is 0.584. The molecule has 0 spiro atoms. The normalized spacial score (nSPS) is 14.1. The van der Waals surface area contributed by atoms with E-state index in [1.807, 2.05) is 0 Å². The fraction of sp³-hybridized carbons (Fsp3) is 0.258. The zero-order valence-corrected chi connectivity index (χ0v) is 41.6. The predicted molar refractivity (Wildman–Crippen MR) is 289 cm³/mol. The zero-order chi connectivity index (χ0) is 47.4. The van der Waals surface area contributed by atoms with Crippen molar-refractivity contribution in [3.63, 3.8) is 0 Å². The number of furan rings is 2. The molecule has 0 bridgehead atoms. The minimum atomic E-state index is -0.212. The standard InChI is InChI=1S/C62H60BN3O2/c1-59(2,3)37-21-27-41(28-22-37)65-50-35-43(64-48-19-15-13-17-44(48)45-18-14-16-20-49(45)64)36-51-56(50)63(54-46-31-25-39(61(7,8)9)33-52(46)67-57(54)65)55-47-32-26-40(62(10,11)12)34-53(47)68-58(55)66(51)42-29-23-38(24-30-42)60(4,5)6/h13-36H,1-12H3. The second kappa shape index (κ2) is 14.3. The Balaban J connectivity index is 1.25. The molecule has 0 unspecified atom stereocenters. The molecule has 5 heterocycles. The van der Waals surface area contributed by atoms with Crippen molar-refractivity contribution < 1.29 is 8.83 Å². The summed E-state index contributed by atoms with van der Waals surface area (Å²) in [6.07, 6.45) is 0. The molecule has 2 aliphatic rings. The van der Waals surface area contributed by atoms with Crippen molar-refractivity contribution in [3.05, 3.63) is 168 Å². The maximum atomic E-state index is 7.41. The Morgan fingerprint density at radius 3 is 1.10 bits per heavy atom. The van der Waals surface area contributed by atoms with Gasteiger partial charge in [-0.1, -0.05) is 168 Å². The third-order valence-corrected chi connectivity index (χ3v) is 14.8. The topological polar surface area (TPSA) is 37.7 Å². The minimum absolute atomic E-state index is 0.0103. The first-order chi connectivity index (χ1) is 32.3. The number of fused-ring (bicyclic) bond motifs is 11. The van der Waals surface area contributed by atoms with Crippen LogP contribution in [0.1, 0.15) is 105 Å². The van der Waals surface area contributed by atoms with Gasteiger partial charge in [-0.3, -0.25) is 9.80 Å². The van der Waals surface area contributed by atoms with Crippen LogP contribution in [0.5, 0.6) is 0 Å². The summed E-state index contributed by atoms with van der Waals surface area (Å²) in [5, 5.41) is 4.68. The van der Waals surface area contributed by atoms with Crippen molar-refractivity contribution in [1.82, 2.24) is 4.57 Å². The average molecular weight is 890 g/mol. The SMILES string of the molecule is CC(C)(C)c1ccc(N2c3cc(-n4c5ccccc5c5ccccc54)cc4c3B(c3c2oc2cc(C(C)(C)C)ccc32)c2c(oc3cc(C(C)(C)C)ccc23)N4c2ccc(C(C)(C)C)cc2)cc1. The zero-order valence-electron chi connectivity index (χ0n) is 41.6. The van der Waals surface area contributed by atoms with Gasteiger partial charge in [-0.05, 0) is 110 Å². The number of para-hydroxylation sites is 2. The number of hydrogen-bond acceptors (Lipinski definition) is 4. The Kier molecular flexibility index (Phi) is 8.93. The molecular weight excluding hydrogens is 830 g/mol. The third-order valence-electron chi connectivity index (χ3n) is 14.8. The molecule has 0 N–H and O–H groups in total. The number of hydrogen-bond donors (Lipinski definition) is 0. The van der Waals surface area contributed by atoms with Crippen molar-refractivity contribution in [2.75, 3.05) is 9.80 Å². The Labute approximate surface area is 401 Å². The highest BCUT2D eigenvalue weighted by Crippen LogP contribution is 2.50. The van der Waals surface area contributed by atoms with Gasteiger partial charge in [-0.2, -0.15) is 0 Å². The summed E-state index contributed by atoms with van der Waals surface area (Å²) < 4.78 is 17.3. The molecule has 5 nitrogen and oxygen atoms in total. The van der Waals surface area contributed by atoms with Gasteiger partial charge in [0.05, 0.1) is 16.7 Å². The van der Waals surface area contributed by atoms with Crippen LogP contribution in [0.15, 0.2) is 154 Å². The van der Waals surface area contributed by atoms with E-state index in [9.17, 15) is 0 Å². The Morgan fingerprint density at radius 2 is 0.721 bits per heavy atom. The number of rotatable bonds is 3. The van der Waals surface area contributed by atoms with Crippen molar-refractivity contribution in [2.24, 2.45) is 0 Å². The van der Waals surface area contributed by atoms with Gasteiger partial charge in [0.1, 0.15) is 11.2 Å². The number of nitrogens with zero attached hydrogens (tertiary/aromatic N) is 3. The van der Waals surface area contributed by atoms with Crippen LogP contribution in [-0.2, 0) is 21.7 Å². The molecule has 2 aliphatic heterocycles. The largest absolute Gasteiger partial charge is 0.440 e. The molecule has 10 aromatic rings. The van der Waals surface area contributed by atoms with Crippen molar-refractivity contribution >= 4 is 101 Å². The van der Waals surface area contributed by atoms with E-state index in [2.05, 4.69) is 243 Å². The molecule has 7 aromatic carbocycles. The summed E-state index contributed by atoms with van der Waals surface area (Å²) in [7, 11) is 0. The molecule has 0 aliphatic carbocycles. The van der Waals surface area contributed by atoms with Crippen molar-refractivity contribution in [1.29, 1.82) is 0 Å². The highest BCUT2D eigenvalue weighted by Gasteiger charge is 2.49. The van der Waals surface area contributed by atoms with Crippen LogP contribution in [-0.4, -0.2) is 11.3 Å². The van der Waals surface area contributed by atoms with Crippen LogP contribution in [0, 0.1) is 0 Å². The maximum absolute atomic E-state index is 7.41. The molecule has 0 saturated heterocycles. The quantitative estimate of drug-likeness (QED) is 0.166. The Morgan fingerprint density at radius 1 is 0.353 bits per heavy atom. The van der Waals surface area contributed by atoms with Crippen molar-refractivity contribution in [3.8, 4) is 5.69 Å². The van der Waals surface area contributed by atoms with E-state index in [-0.39, 0.29) is 28.4 Å². The summed E-state index contributed by atoms with van der Waals surface area (Å²) in [6.45, 7) is 27.1. The van der Waals surface area contributed by atoms with Gasteiger partial charge in [0, 0.05) is 55.2 Å². The van der Waals surface area contributed by atoms with E-state index < -0.39 is 0 Å². The maximum Gasteiger partial charge on any atom is 0.262 e. The van der Waals surface area contributed by atoms with Gasteiger partial charge in [0.2, 0.25) is 11.8 Å². The molecule has 0 amide bonds. The summed E-state index contributed by atoms with van der Waals surface area (Å²) in [5.41, 5.74) is 17.8. The van der Waals surface area contributed by atoms with Gasteiger partial charge < -0.3 is 13.4 Å². The van der Waals surface area contributed by atoms with Crippen LogP contribution < -0.4 is 26.2 Å². The number of benzene rings is 7. The molecule has 0 fully saturated rings.